The van der Waals surface area contributed by atoms with Gasteiger partial charge in [0.25, 0.3) is 0 Å². The van der Waals surface area contributed by atoms with Gasteiger partial charge in [-0.25, -0.2) is 9.67 Å². The molecule has 4 aliphatic carbocycles. The summed E-state index contributed by atoms with van der Waals surface area (Å²) in [6.45, 7) is 0. The van der Waals surface area contributed by atoms with Gasteiger partial charge in [-0.15, -0.1) is 0 Å². The van der Waals surface area contributed by atoms with Crippen molar-refractivity contribution in [1.29, 1.82) is 0 Å². The number of halogens is 1. The highest BCUT2D eigenvalue weighted by Gasteiger charge is 2.58. The van der Waals surface area contributed by atoms with Crippen LogP contribution in [0.25, 0.3) is 0 Å². The molecule has 1 heterocycles. The molecule has 4 aliphatic rings. The molecule has 0 amide bonds. The number of alkyl halides is 1. The quantitative estimate of drug-likeness (QED) is 0.741. The van der Waals surface area contributed by atoms with Gasteiger partial charge in [0.15, 0.2) is 0 Å². The Morgan fingerprint density at radius 1 is 1.19 bits per heavy atom. The van der Waals surface area contributed by atoms with Gasteiger partial charge in [0.1, 0.15) is 12.7 Å². The fourth-order valence-electron chi connectivity index (χ4n) is 4.82. The number of nitrogens with zero attached hydrogens (tertiary/aromatic N) is 3. The predicted octanol–water partition coefficient (Wildman–Crippen LogP) is 2.72. The zero-order chi connectivity index (χ0) is 10.8. The predicted molar refractivity (Wildman–Crippen MR) is 64.3 cm³/mol. The molecular weight excluding hydrogens is 266 g/mol. The van der Waals surface area contributed by atoms with Crippen LogP contribution in [0.15, 0.2) is 12.7 Å². The van der Waals surface area contributed by atoms with Crippen molar-refractivity contribution in [2.45, 2.75) is 48.4 Å². The molecule has 0 aliphatic heterocycles. The molecule has 0 radical (unpaired) electrons. The van der Waals surface area contributed by atoms with Crippen molar-refractivity contribution in [2.24, 2.45) is 11.8 Å². The van der Waals surface area contributed by atoms with Crippen LogP contribution in [0.3, 0.4) is 0 Å². The third-order valence-corrected chi connectivity index (χ3v) is 5.79. The highest BCUT2D eigenvalue weighted by Crippen LogP contribution is 2.63. The molecule has 5 rings (SSSR count). The van der Waals surface area contributed by atoms with Crippen LogP contribution in [0, 0.1) is 11.8 Å². The fourth-order valence-corrected chi connectivity index (χ4v) is 6.26. The van der Waals surface area contributed by atoms with E-state index in [1.54, 1.807) is 6.33 Å². The Morgan fingerprint density at radius 3 is 2.50 bits per heavy atom. The van der Waals surface area contributed by atoms with E-state index in [4.69, 9.17) is 0 Å². The maximum absolute atomic E-state index is 4.42. The first-order chi connectivity index (χ1) is 7.68. The van der Waals surface area contributed by atoms with Crippen LogP contribution in [-0.2, 0) is 5.54 Å². The Labute approximate surface area is 104 Å². The molecule has 4 bridgehead atoms. The topological polar surface area (TPSA) is 30.7 Å². The van der Waals surface area contributed by atoms with Crippen molar-refractivity contribution in [3.8, 4) is 0 Å². The molecule has 0 spiro atoms. The minimum atomic E-state index is 0.282. The lowest BCUT2D eigenvalue weighted by Gasteiger charge is -2.59. The zero-order valence-corrected chi connectivity index (χ0v) is 10.9. The van der Waals surface area contributed by atoms with Crippen LogP contribution in [0.5, 0.6) is 0 Å². The number of rotatable bonds is 1. The molecule has 0 N–H and O–H groups in total. The summed E-state index contributed by atoms with van der Waals surface area (Å²) in [6, 6.07) is 0. The largest absolute Gasteiger partial charge is 0.247 e. The molecule has 1 aromatic heterocycles. The summed E-state index contributed by atoms with van der Waals surface area (Å²) >= 11 is 4.02. The first kappa shape index (κ1) is 9.63. The minimum Gasteiger partial charge on any atom is -0.247 e. The Bertz CT molecular complexity index is 400. The number of hydrogen-bond donors (Lipinski definition) is 0. The molecule has 2 atom stereocenters. The average molecular weight is 282 g/mol. The number of hydrogen-bond acceptors (Lipinski definition) is 2. The van der Waals surface area contributed by atoms with E-state index in [0.717, 1.165) is 11.8 Å². The summed E-state index contributed by atoms with van der Waals surface area (Å²) in [6.07, 6.45) is 11.7. The van der Waals surface area contributed by atoms with Gasteiger partial charge in [-0.2, -0.15) is 5.10 Å². The second-order valence-electron chi connectivity index (χ2n) is 6.18. The second-order valence-corrected chi connectivity index (χ2v) is 7.86. The summed E-state index contributed by atoms with van der Waals surface area (Å²) in [5, 5.41) is 4.42. The van der Waals surface area contributed by atoms with E-state index in [9.17, 15) is 0 Å². The van der Waals surface area contributed by atoms with E-state index in [1.807, 2.05) is 6.33 Å². The summed E-state index contributed by atoms with van der Waals surface area (Å²) in [4.78, 5) is 4.14. The van der Waals surface area contributed by atoms with Crippen molar-refractivity contribution in [2.75, 3.05) is 0 Å². The first-order valence-electron chi connectivity index (χ1n) is 6.22. The molecule has 1 aromatic rings. The molecule has 3 nitrogen and oxygen atoms in total. The SMILES string of the molecule is BrC12C[C@H]3C[C@H](C1)CC(n1cncn1)(C3)C2. The van der Waals surface area contributed by atoms with Gasteiger partial charge in [0, 0.05) is 4.32 Å². The highest BCUT2D eigenvalue weighted by molar-refractivity contribution is 9.10. The van der Waals surface area contributed by atoms with Gasteiger partial charge in [-0.3, -0.25) is 0 Å². The lowest BCUT2D eigenvalue weighted by atomic mass is 9.53. The van der Waals surface area contributed by atoms with Crippen LogP contribution >= 0.6 is 15.9 Å². The Hall–Kier alpha value is -0.380. The van der Waals surface area contributed by atoms with Crippen molar-refractivity contribution in [3.63, 3.8) is 0 Å². The van der Waals surface area contributed by atoms with Gasteiger partial charge in [0.2, 0.25) is 0 Å². The summed E-state index contributed by atoms with van der Waals surface area (Å²) in [5.74, 6) is 1.81. The molecule has 0 unspecified atom stereocenters. The van der Waals surface area contributed by atoms with Gasteiger partial charge < -0.3 is 0 Å². The average Bonchev–Trinajstić information content (AvgIpc) is 2.65. The van der Waals surface area contributed by atoms with E-state index < -0.39 is 0 Å². The van der Waals surface area contributed by atoms with Crippen molar-refractivity contribution < 1.29 is 0 Å². The molecule has 4 saturated carbocycles. The van der Waals surface area contributed by atoms with Crippen LogP contribution < -0.4 is 0 Å². The standard InChI is InChI=1S/C12H16BrN3/c13-11-2-9-1-10(3-11)5-12(4-9,6-11)16-8-14-7-15-16/h7-10H,1-6H2/t9-,10-,11?,12?/m1/s1. The summed E-state index contributed by atoms with van der Waals surface area (Å²) < 4.78 is 2.56. The third kappa shape index (κ3) is 1.19. The molecule has 4 fully saturated rings. The molecule has 0 saturated heterocycles. The lowest BCUT2D eigenvalue weighted by Crippen LogP contribution is -2.57. The molecule has 0 aromatic carbocycles. The maximum Gasteiger partial charge on any atom is 0.137 e. The minimum absolute atomic E-state index is 0.282. The summed E-state index contributed by atoms with van der Waals surface area (Å²) in [5.41, 5.74) is 0.282. The molecular formula is C12H16BrN3. The fraction of sp³-hybridized carbons (Fsp3) is 0.833. The second kappa shape index (κ2) is 2.89. The smallest absolute Gasteiger partial charge is 0.137 e. The van der Waals surface area contributed by atoms with Gasteiger partial charge in [0.05, 0.1) is 5.54 Å². The third-order valence-electron chi connectivity index (χ3n) is 4.86. The van der Waals surface area contributed by atoms with E-state index in [-0.39, 0.29) is 5.54 Å². The van der Waals surface area contributed by atoms with Crippen LogP contribution in [0.1, 0.15) is 38.5 Å². The Kier molecular flexibility index (Phi) is 1.74. The molecule has 4 heteroatoms. The van der Waals surface area contributed by atoms with E-state index in [1.165, 1.54) is 38.5 Å². The van der Waals surface area contributed by atoms with Gasteiger partial charge in [-0.05, 0) is 50.4 Å². The monoisotopic (exact) mass is 281 g/mol. The van der Waals surface area contributed by atoms with Crippen LogP contribution in [0.2, 0.25) is 0 Å². The van der Waals surface area contributed by atoms with Gasteiger partial charge >= 0.3 is 0 Å². The molecule has 86 valence electrons. The Balaban J connectivity index is 1.80. The first-order valence-corrected chi connectivity index (χ1v) is 7.01. The summed E-state index contributed by atoms with van der Waals surface area (Å²) in [7, 11) is 0. The maximum atomic E-state index is 4.42. The Morgan fingerprint density at radius 2 is 1.94 bits per heavy atom. The van der Waals surface area contributed by atoms with E-state index >= 15 is 0 Å². The lowest BCUT2D eigenvalue weighted by molar-refractivity contribution is -0.0324. The van der Waals surface area contributed by atoms with Crippen molar-refractivity contribution >= 4 is 15.9 Å². The normalized spacial score (nSPS) is 49.8. The van der Waals surface area contributed by atoms with Crippen LogP contribution in [-0.4, -0.2) is 19.1 Å². The van der Waals surface area contributed by atoms with Crippen LogP contribution in [0.4, 0.5) is 0 Å². The number of aromatic nitrogens is 3. The van der Waals surface area contributed by atoms with Gasteiger partial charge in [-0.1, -0.05) is 15.9 Å². The van der Waals surface area contributed by atoms with E-state index in [0.29, 0.717) is 4.32 Å². The zero-order valence-electron chi connectivity index (χ0n) is 9.27. The van der Waals surface area contributed by atoms with E-state index in [2.05, 4.69) is 30.7 Å². The van der Waals surface area contributed by atoms with Crippen molar-refractivity contribution in [1.82, 2.24) is 14.8 Å². The highest BCUT2D eigenvalue weighted by atomic mass is 79.9. The molecule has 16 heavy (non-hydrogen) atoms. The van der Waals surface area contributed by atoms with Crippen molar-refractivity contribution in [3.05, 3.63) is 12.7 Å².